The third-order valence-electron chi connectivity index (χ3n) is 3.12. The Morgan fingerprint density at radius 3 is 2.67 bits per heavy atom. The number of likely N-dealkylation sites (tertiary alicyclic amines) is 1. The number of nitrogens with one attached hydrogen (secondary N) is 1. The highest BCUT2D eigenvalue weighted by Crippen LogP contribution is 2.19. The number of hydrogen-bond acceptors (Lipinski definition) is 4. The average molecular weight is 260 g/mol. The molecular formula is C11H20N2O5. The van der Waals surface area contributed by atoms with E-state index in [1.807, 2.05) is 0 Å². The zero-order valence-electron chi connectivity index (χ0n) is 10.2. The number of amides is 2. The number of aliphatic hydroxyl groups excluding tert-OH is 2. The van der Waals surface area contributed by atoms with Crippen LogP contribution in [0.25, 0.3) is 0 Å². The van der Waals surface area contributed by atoms with Gasteiger partial charge in [-0.15, -0.1) is 0 Å². The van der Waals surface area contributed by atoms with Crippen molar-refractivity contribution in [2.45, 2.75) is 25.3 Å². The van der Waals surface area contributed by atoms with E-state index in [9.17, 15) is 9.59 Å². The zero-order valence-corrected chi connectivity index (χ0v) is 10.2. The van der Waals surface area contributed by atoms with Gasteiger partial charge in [-0.2, -0.15) is 0 Å². The van der Waals surface area contributed by atoms with Gasteiger partial charge in [-0.05, 0) is 25.2 Å². The van der Waals surface area contributed by atoms with Crippen LogP contribution in [0.4, 0.5) is 4.79 Å². The maximum Gasteiger partial charge on any atom is 0.328 e. The topological polar surface area (TPSA) is 110 Å². The van der Waals surface area contributed by atoms with E-state index in [0.717, 1.165) is 12.8 Å². The second-order valence-corrected chi connectivity index (χ2v) is 4.49. The second kappa shape index (κ2) is 7.17. The van der Waals surface area contributed by atoms with Crippen LogP contribution >= 0.6 is 0 Å². The summed E-state index contributed by atoms with van der Waals surface area (Å²) in [6, 6.07) is -1.74. The Morgan fingerprint density at radius 2 is 2.11 bits per heavy atom. The number of carbonyl (C=O) groups is 2. The van der Waals surface area contributed by atoms with Crippen molar-refractivity contribution in [1.82, 2.24) is 10.2 Å². The summed E-state index contributed by atoms with van der Waals surface area (Å²) in [5.74, 6) is -0.998. The maximum absolute atomic E-state index is 11.8. The molecule has 2 amide bonds. The van der Waals surface area contributed by atoms with Crippen LogP contribution in [0, 0.1) is 5.92 Å². The molecule has 7 heteroatoms. The summed E-state index contributed by atoms with van der Waals surface area (Å²) in [4.78, 5) is 24.0. The van der Waals surface area contributed by atoms with Crippen molar-refractivity contribution in [2.24, 2.45) is 5.92 Å². The van der Waals surface area contributed by atoms with Crippen LogP contribution in [-0.2, 0) is 4.79 Å². The molecule has 1 heterocycles. The summed E-state index contributed by atoms with van der Waals surface area (Å²) in [7, 11) is 0. The number of aliphatic hydroxyl groups is 2. The number of carboxylic acid groups (broad SMARTS) is 1. The molecule has 0 aliphatic carbocycles. The van der Waals surface area contributed by atoms with Crippen molar-refractivity contribution < 1.29 is 24.9 Å². The third kappa shape index (κ3) is 4.15. The molecule has 18 heavy (non-hydrogen) atoms. The van der Waals surface area contributed by atoms with E-state index in [1.165, 1.54) is 4.90 Å². The minimum absolute atomic E-state index is 0.0918. The molecule has 7 nitrogen and oxygen atoms in total. The van der Waals surface area contributed by atoms with E-state index < -0.39 is 24.6 Å². The van der Waals surface area contributed by atoms with Gasteiger partial charge < -0.3 is 25.5 Å². The normalized spacial score (nSPS) is 21.4. The van der Waals surface area contributed by atoms with Crippen molar-refractivity contribution in [2.75, 3.05) is 26.3 Å². The van der Waals surface area contributed by atoms with Crippen molar-refractivity contribution in [1.29, 1.82) is 0 Å². The van der Waals surface area contributed by atoms with Crippen molar-refractivity contribution >= 4 is 12.0 Å². The zero-order chi connectivity index (χ0) is 13.5. The van der Waals surface area contributed by atoms with Gasteiger partial charge in [0.25, 0.3) is 0 Å². The van der Waals surface area contributed by atoms with Crippen molar-refractivity contribution in [3.63, 3.8) is 0 Å². The van der Waals surface area contributed by atoms with Gasteiger partial charge in [0.05, 0.1) is 6.61 Å². The molecule has 1 rings (SSSR count). The minimum Gasteiger partial charge on any atom is -0.480 e. The summed E-state index contributed by atoms with van der Waals surface area (Å²) >= 11 is 0. The molecule has 2 atom stereocenters. The number of aliphatic carboxylic acids is 1. The molecule has 0 radical (unpaired) electrons. The van der Waals surface area contributed by atoms with Crippen LogP contribution in [0.1, 0.15) is 19.3 Å². The molecule has 4 N–H and O–H groups in total. The van der Waals surface area contributed by atoms with Crippen LogP contribution in [0.3, 0.4) is 0 Å². The Bertz CT molecular complexity index is 295. The van der Waals surface area contributed by atoms with Crippen LogP contribution in [0.2, 0.25) is 0 Å². The van der Waals surface area contributed by atoms with Crippen molar-refractivity contribution in [3.05, 3.63) is 0 Å². The van der Waals surface area contributed by atoms with Crippen molar-refractivity contribution in [3.8, 4) is 0 Å². The average Bonchev–Trinajstić information content (AvgIpc) is 2.36. The molecule has 0 saturated carbocycles. The smallest absolute Gasteiger partial charge is 0.328 e. The molecular weight excluding hydrogens is 240 g/mol. The Balaban J connectivity index is 2.47. The van der Waals surface area contributed by atoms with Gasteiger partial charge in [0.1, 0.15) is 0 Å². The molecule has 0 aromatic rings. The number of hydrogen-bond donors (Lipinski definition) is 4. The quantitative estimate of drug-likeness (QED) is 0.519. The second-order valence-electron chi connectivity index (χ2n) is 4.49. The molecule has 1 saturated heterocycles. The molecule has 1 unspecified atom stereocenters. The lowest BCUT2D eigenvalue weighted by Crippen LogP contribution is -2.52. The summed E-state index contributed by atoms with van der Waals surface area (Å²) in [5, 5.41) is 28.7. The molecule has 1 aliphatic rings. The highest BCUT2D eigenvalue weighted by molar-refractivity contribution is 5.82. The number of rotatable bonds is 5. The molecule has 0 aromatic carbocycles. The number of urea groups is 1. The van der Waals surface area contributed by atoms with E-state index >= 15 is 0 Å². The van der Waals surface area contributed by atoms with Crippen LogP contribution in [0.15, 0.2) is 0 Å². The van der Waals surface area contributed by atoms with Crippen LogP contribution in [0.5, 0.6) is 0 Å². The highest BCUT2D eigenvalue weighted by atomic mass is 16.4. The first-order chi connectivity index (χ1) is 8.58. The minimum atomic E-state index is -1.27. The molecule has 1 aliphatic heterocycles. The lowest BCUT2D eigenvalue weighted by atomic mass is 9.95. The monoisotopic (exact) mass is 260 g/mol. The van der Waals surface area contributed by atoms with E-state index in [0.29, 0.717) is 19.5 Å². The predicted molar refractivity (Wildman–Crippen MR) is 63.0 cm³/mol. The number of carbonyl (C=O) groups excluding carboxylic acids is 1. The Labute approximate surface area is 105 Å². The summed E-state index contributed by atoms with van der Waals surface area (Å²) < 4.78 is 0. The first-order valence-electron chi connectivity index (χ1n) is 6.08. The van der Waals surface area contributed by atoms with E-state index in [-0.39, 0.29) is 12.5 Å². The number of piperidine rings is 1. The SMILES string of the molecule is O=C(O)[C@@H](CO)NC(=O)N1CCCC(CCO)C1. The Morgan fingerprint density at radius 1 is 1.39 bits per heavy atom. The standard InChI is InChI=1S/C11H20N2O5/c14-5-3-8-2-1-4-13(6-8)11(18)12-9(7-15)10(16)17/h8-9,14-15H,1-7H2,(H,12,18)(H,16,17)/t8?,9-/m1/s1. The molecule has 0 aromatic heterocycles. The van der Waals surface area contributed by atoms with Gasteiger partial charge in [0.15, 0.2) is 6.04 Å². The predicted octanol–water partition coefficient (Wildman–Crippen LogP) is -0.764. The molecule has 1 fully saturated rings. The summed E-state index contributed by atoms with van der Waals surface area (Å²) in [6.07, 6.45) is 2.45. The fraction of sp³-hybridized carbons (Fsp3) is 0.818. The lowest BCUT2D eigenvalue weighted by molar-refractivity contribution is -0.140. The van der Waals surface area contributed by atoms with Crippen LogP contribution in [-0.4, -0.2) is 64.6 Å². The van der Waals surface area contributed by atoms with E-state index in [2.05, 4.69) is 5.32 Å². The summed E-state index contributed by atoms with van der Waals surface area (Å²) in [5.41, 5.74) is 0. The van der Waals surface area contributed by atoms with Gasteiger partial charge in [-0.3, -0.25) is 0 Å². The maximum atomic E-state index is 11.8. The van der Waals surface area contributed by atoms with Gasteiger partial charge in [-0.25, -0.2) is 9.59 Å². The molecule has 0 bridgehead atoms. The van der Waals surface area contributed by atoms with E-state index in [4.69, 9.17) is 15.3 Å². The fourth-order valence-electron chi connectivity index (χ4n) is 2.09. The summed E-state index contributed by atoms with van der Waals surface area (Å²) in [6.45, 7) is 0.555. The van der Waals surface area contributed by atoms with Crippen LogP contribution < -0.4 is 5.32 Å². The van der Waals surface area contributed by atoms with Gasteiger partial charge >= 0.3 is 12.0 Å². The lowest BCUT2D eigenvalue weighted by Gasteiger charge is -2.33. The van der Waals surface area contributed by atoms with Gasteiger partial charge in [-0.1, -0.05) is 0 Å². The number of nitrogens with zero attached hydrogens (tertiary/aromatic N) is 1. The molecule has 104 valence electrons. The largest absolute Gasteiger partial charge is 0.480 e. The van der Waals surface area contributed by atoms with E-state index in [1.54, 1.807) is 0 Å². The first kappa shape index (κ1) is 14.7. The highest BCUT2D eigenvalue weighted by Gasteiger charge is 2.26. The molecule has 0 spiro atoms. The Kier molecular flexibility index (Phi) is 5.87. The number of carboxylic acids is 1. The first-order valence-corrected chi connectivity index (χ1v) is 6.08. The Hall–Kier alpha value is -1.34. The fourth-order valence-corrected chi connectivity index (χ4v) is 2.09. The van der Waals surface area contributed by atoms with Gasteiger partial charge in [0, 0.05) is 19.7 Å². The van der Waals surface area contributed by atoms with Gasteiger partial charge in [0.2, 0.25) is 0 Å². The third-order valence-corrected chi connectivity index (χ3v) is 3.12.